The number of carbonyl (C=O) groups excluding carboxylic acids is 1. The Kier molecular flexibility index (Phi) is 5.89. The summed E-state index contributed by atoms with van der Waals surface area (Å²) in [7, 11) is 3.27. The minimum Gasteiger partial charge on any atom is -0.497 e. The Morgan fingerprint density at radius 1 is 1.04 bits per heavy atom. The van der Waals surface area contributed by atoms with Crippen LogP contribution in [0, 0.1) is 13.8 Å². The molecule has 0 heterocycles. The van der Waals surface area contributed by atoms with E-state index in [0.717, 1.165) is 41.2 Å². The lowest BCUT2D eigenvalue weighted by Crippen LogP contribution is -2.36. The van der Waals surface area contributed by atoms with Crippen LogP contribution in [0.5, 0.6) is 17.2 Å². The minimum atomic E-state index is -0.0117. The van der Waals surface area contributed by atoms with Crippen LogP contribution in [0.15, 0.2) is 36.4 Å². The first kappa shape index (κ1) is 19.1. The van der Waals surface area contributed by atoms with E-state index in [1.165, 1.54) is 5.56 Å². The van der Waals surface area contributed by atoms with Crippen molar-refractivity contribution in [2.45, 2.75) is 39.3 Å². The highest BCUT2D eigenvalue weighted by molar-refractivity contribution is 5.78. The van der Waals surface area contributed by atoms with Gasteiger partial charge in [0, 0.05) is 18.2 Å². The van der Waals surface area contributed by atoms with Crippen molar-refractivity contribution in [3.05, 3.63) is 53.1 Å². The van der Waals surface area contributed by atoms with Crippen molar-refractivity contribution in [1.82, 2.24) is 4.90 Å². The van der Waals surface area contributed by atoms with Crippen molar-refractivity contribution in [3.8, 4) is 17.2 Å². The molecule has 0 saturated heterocycles. The first-order chi connectivity index (χ1) is 13.0. The molecule has 1 amide bonds. The number of amides is 1. The lowest BCUT2D eigenvalue weighted by molar-refractivity contribution is -0.134. The molecule has 2 aromatic carbocycles. The second kappa shape index (κ2) is 8.33. The average Bonchev–Trinajstić information content (AvgIpc) is 3.50. The SMILES string of the molecule is COc1ccc(OC)c(CN(C(=O)COc2ccc(C)cc2C)C2CC2)c1. The highest BCUT2D eigenvalue weighted by Gasteiger charge is 2.33. The summed E-state index contributed by atoms with van der Waals surface area (Å²) in [5.41, 5.74) is 3.15. The number of aryl methyl sites for hydroxylation is 2. The molecule has 1 aliphatic carbocycles. The third kappa shape index (κ3) is 4.73. The van der Waals surface area contributed by atoms with E-state index in [2.05, 4.69) is 6.07 Å². The monoisotopic (exact) mass is 369 g/mol. The van der Waals surface area contributed by atoms with Crippen LogP contribution in [0.2, 0.25) is 0 Å². The number of rotatable bonds is 8. The summed E-state index contributed by atoms with van der Waals surface area (Å²) in [5.74, 6) is 2.25. The highest BCUT2D eigenvalue weighted by Crippen LogP contribution is 2.32. The van der Waals surface area contributed by atoms with Crippen LogP contribution in [-0.4, -0.2) is 37.7 Å². The number of hydrogen-bond donors (Lipinski definition) is 0. The van der Waals surface area contributed by atoms with Gasteiger partial charge in [-0.1, -0.05) is 17.7 Å². The van der Waals surface area contributed by atoms with Gasteiger partial charge in [-0.15, -0.1) is 0 Å². The molecule has 0 unspecified atom stereocenters. The molecule has 1 fully saturated rings. The molecule has 0 bridgehead atoms. The second-order valence-electron chi connectivity index (χ2n) is 6.99. The normalized spacial score (nSPS) is 13.2. The van der Waals surface area contributed by atoms with Gasteiger partial charge in [-0.3, -0.25) is 4.79 Å². The Labute approximate surface area is 160 Å². The third-order valence-corrected chi connectivity index (χ3v) is 4.82. The zero-order valence-corrected chi connectivity index (χ0v) is 16.5. The second-order valence-corrected chi connectivity index (χ2v) is 6.99. The van der Waals surface area contributed by atoms with Crippen LogP contribution in [0.3, 0.4) is 0 Å². The predicted molar refractivity (Wildman–Crippen MR) is 105 cm³/mol. The molecule has 3 rings (SSSR count). The van der Waals surface area contributed by atoms with Gasteiger partial charge in [0.1, 0.15) is 17.2 Å². The van der Waals surface area contributed by atoms with Crippen LogP contribution in [-0.2, 0) is 11.3 Å². The van der Waals surface area contributed by atoms with E-state index < -0.39 is 0 Å². The maximum absolute atomic E-state index is 12.9. The van der Waals surface area contributed by atoms with Crippen molar-refractivity contribution in [2.24, 2.45) is 0 Å². The molecule has 0 N–H and O–H groups in total. The molecule has 0 aliphatic heterocycles. The molecule has 0 radical (unpaired) electrons. The summed E-state index contributed by atoms with van der Waals surface area (Å²) >= 11 is 0. The third-order valence-electron chi connectivity index (χ3n) is 4.82. The fourth-order valence-corrected chi connectivity index (χ4v) is 3.18. The van der Waals surface area contributed by atoms with E-state index in [1.807, 2.05) is 49.1 Å². The van der Waals surface area contributed by atoms with Gasteiger partial charge in [0.2, 0.25) is 0 Å². The van der Waals surface area contributed by atoms with E-state index >= 15 is 0 Å². The fourth-order valence-electron chi connectivity index (χ4n) is 3.18. The minimum absolute atomic E-state index is 0.0117. The number of benzene rings is 2. The molecule has 2 aromatic rings. The topological polar surface area (TPSA) is 48.0 Å². The molecular formula is C22H27NO4. The zero-order chi connectivity index (χ0) is 19.4. The van der Waals surface area contributed by atoms with Gasteiger partial charge in [0.25, 0.3) is 5.91 Å². The molecule has 5 nitrogen and oxygen atoms in total. The molecule has 0 aromatic heterocycles. The van der Waals surface area contributed by atoms with Gasteiger partial charge in [0.05, 0.1) is 14.2 Å². The van der Waals surface area contributed by atoms with Crippen molar-refractivity contribution in [1.29, 1.82) is 0 Å². The Balaban J connectivity index is 1.71. The van der Waals surface area contributed by atoms with Gasteiger partial charge in [0.15, 0.2) is 6.61 Å². The van der Waals surface area contributed by atoms with E-state index in [1.54, 1.807) is 14.2 Å². The summed E-state index contributed by atoms with van der Waals surface area (Å²) in [4.78, 5) is 14.8. The highest BCUT2D eigenvalue weighted by atomic mass is 16.5. The summed E-state index contributed by atoms with van der Waals surface area (Å²) in [5, 5.41) is 0. The Bertz CT molecular complexity index is 814. The van der Waals surface area contributed by atoms with Crippen LogP contribution in [0.25, 0.3) is 0 Å². The van der Waals surface area contributed by atoms with Crippen molar-refractivity contribution in [3.63, 3.8) is 0 Å². The van der Waals surface area contributed by atoms with Gasteiger partial charge in [-0.25, -0.2) is 0 Å². The largest absolute Gasteiger partial charge is 0.497 e. The number of hydrogen-bond acceptors (Lipinski definition) is 4. The smallest absolute Gasteiger partial charge is 0.261 e. The molecule has 1 saturated carbocycles. The van der Waals surface area contributed by atoms with Crippen molar-refractivity contribution < 1.29 is 19.0 Å². The number of carbonyl (C=O) groups is 1. The molecule has 144 valence electrons. The average molecular weight is 369 g/mol. The summed E-state index contributed by atoms with van der Waals surface area (Å²) in [6.45, 7) is 4.55. The summed E-state index contributed by atoms with van der Waals surface area (Å²) in [6.07, 6.45) is 2.06. The summed E-state index contributed by atoms with van der Waals surface area (Å²) < 4.78 is 16.6. The molecule has 0 atom stereocenters. The Morgan fingerprint density at radius 3 is 2.41 bits per heavy atom. The Morgan fingerprint density at radius 2 is 1.78 bits per heavy atom. The molecule has 27 heavy (non-hydrogen) atoms. The molecule has 1 aliphatic rings. The first-order valence-electron chi connectivity index (χ1n) is 9.22. The Hall–Kier alpha value is -2.69. The van der Waals surface area contributed by atoms with Crippen molar-refractivity contribution >= 4 is 5.91 Å². The number of methoxy groups -OCH3 is 2. The molecule has 0 spiro atoms. The van der Waals surface area contributed by atoms with Crippen molar-refractivity contribution in [2.75, 3.05) is 20.8 Å². The lowest BCUT2D eigenvalue weighted by atomic mass is 10.1. The maximum atomic E-state index is 12.9. The fraction of sp³-hybridized carbons (Fsp3) is 0.409. The molecule has 5 heteroatoms. The molecular weight excluding hydrogens is 342 g/mol. The van der Waals surface area contributed by atoms with Gasteiger partial charge >= 0.3 is 0 Å². The van der Waals surface area contributed by atoms with Crippen LogP contribution in [0.4, 0.5) is 0 Å². The van der Waals surface area contributed by atoms with E-state index in [9.17, 15) is 4.79 Å². The summed E-state index contributed by atoms with van der Waals surface area (Å²) in [6, 6.07) is 11.9. The van der Waals surface area contributed by atoms with Crippen LogP contribution < -0.4 is 14.2 Å². The number of nitrogens with zero attached hydrogens (tertiary/aromatic N) is 1. The standard InChI is InChI=1S/C22H27NO4/c1-15-5-9-20(16(2)11-15)27-14-22(24)23(18-6-7-18)13-17-12-19(25-3)8-10-21(17)26-4/h5,8-12,18H,6-7,13-14H2,1-4H3. The number of ether oxygens (including phenoxy) is 3. The van der Waals surface area contributed by atoms with Gasteiger partial charge in [-0.05, 0) is 56.5 Å². The van der Waals surface area contributed by atoms with Gasteiger partial charge in [-0.2, -0.15) is 0 Å². The zero-order valence-electron chi connectivity index (χ0n) is 16.5. The quantitative estimate of drug-likeness (QED) is 0.708. The first-order valence-corrected chi connectivity index (χ1v) is 9.22. The lowest BCUT2D eigenvalue weighted by Gasteiger charge is -2.24. The predicted octanol–water partition coefficient (Wildman–Crippen LogP) is 3.89. The van der Waals surface area contributed by atoms with E-state index in [0.29, 0.717) is 6.54 Å². The van der Waals surface area contributed by atoms with Gasteiger partial charge < -0.3 is 19.1 Å². The van der Waals surface area contributed by atoms with E-state index in [4.69, 9.17) is 14.2 Å². The van der Waals surface area contributed by atoms with Crippen LogP contribution in [0.1, 0.15) is 29.5 Å². The van der Waals surface area contributed by atoms with E-state index in [-0.39, 0.29) is 18.6 Å². The van der Waals surface area contributed by atoms with Crippen LogP contribution >= 0.6 is 0 Å². The maximum Gasteiger partial charge on any atom is 0.261 e.